The molecule has 0 saturated heterocycles. The summed E-state index contributed by atoms with van der Waals surface area (Å²) in [5, 5.41) is 0. The lowest BCUT2D eigenvalue weighted by molar-refractivity contribution is -0.110. The minimum atomic E-state index is 0.200. The summed E-state index contributed by atoms with van der Waals surface area (Å²) in [7, 11) is 0. The van der Waals surface area contributed by atoms with E-state index in [1.54, 1.807) is 0 Å². The van der Waals surface area contributed by atoms with Crippen molar-refractivity contribution in [3.8, 4) is 0 Å². The van der Waals surface area contributed by atoms with Gasteiger partial charge >= 0.3 is 0 Å². The predicted octanol–water partition coefficient (Wildman–Crippen LogP) is 3.49. The van der Waals surface area contributed by atoms with Crippen LogP contribution in [-0.4, -0.2) is 6.29 Å². The van der Waals surface area contributed by atoms with Gasteiger partial charge in [-0.25, -0.2) is 0 Å². The fraction of sp³-hybridized carbons (Fsp3) is 0.833. The first-order valence-corrected chi connectivity index (χ1v) is 5.33. The van der Waals surface area contributed by atoms with Crippen molar-refractivity contribution in [2.24, 2.45) is 17.8 Å². The average Bonchev–Trinajstić information content (AvgIpc) is 2.02. The quantitative estimate of drug-likeness (QED) is 0.552. The van der Waals surface area contributed by atoms with Crippen LogP contribution in [0, 0.1) is 24.2 Å². The van der Waals surface area contributed by atoms with E-state index in [1.165, 1.54) is 6.42 Å². The maximum absolute atomic E-state index is 10.3. The summed E-state index contributed by atoms with van der Waals surface area (Å²) in [6, 6.07) is 0. The van der Waals surface area contributed by atoms with Crippen LogP contribution in [0.25, 0.3) is 0 Å². The van der Waals surface area contributed by atoms with Gasteiger partial charge in [-0.1, -0.05) is 27.7 Å². The Morgan fingerprint density at radius 2 is 1.69 bits per heavy atom. The molecule has 13 heavy (non-hydrogen) atoms. The lowest BCUT2D eigenvalue weighted by Gasteiger charge is -2.13. The number of rotatable bonds is 7. The Balaban J connectivity index is 3.36. The van der Waals surface area contributed by atoms with Gasteiger partial charge in [-0.3, -0.25) is 0 Å². The first kappa shape index (κ1) is 12.7. The molecule has 2 atom stereocenters. The van der Waals surface area contributed by atoms with E-state index < -0.39 is 0 Å². The molecule has 0 fully saturated rings. The molecule has 0 N–H and O–H groups in total. The topological polar surface area (TPSA) is 17.1 Å². The molecule has 0 spiro atoms. The molecule has 1 radical (unpaired) electrons. The number of carbonyl (C=O) groups is 1. The van der Waals surface area contributed by atoms with Crippen molar-refractivity contribution in [3.63, 3.8) is 0 Å². The van der Waals surface area contributed by atoms with Crippen LogP contribution in [0.15, 0.2) is 0 Å². The first-order chi connectivity index (χ1) is 6.06. The third-order valence-electron chi connectivity index (χ3n) is 2.21. The Morgan fingerprint density at radius 3 is 2.15 bits per heavy atom. The van der Waals surface area contributed by atoms with Crippen LogP contribution >= 0.6 is 0 Å². The molecule has 1 heteroatoms. The van der Waals surface area contributed by atoms with E-state index in [1.807, 2.05) is 6.92 Å². The molecular weight excluding hydrogens is 160 g/mol. The summed E-state index contributed by atoms with van der Waals surface area (Å²) in [6.07, 6.45) is 6.66. The second-order valence-electron chi connectivity index (χ2n) is 4.61. The molecule has 2 unspecified atom stereocenters. The van der Waals surface area contributed by atoms with E-state index in [4.69, 9.17) is 0 Å². The minimum Gasteiger partial charge on any atom is -0.303 e. The van der Waals surface area contributed by atoms with E-state index in [0.29, 0.717) is 0 Å². The summed E-state index contributed by atoms with van der Waals surface area (Å²) in [5.41, 5.74) is 0. The van der Waals surface area contributed by atoms with Crippen LogP contribution in [0.3, 0.4) is 0 Å². The zero-order valence-electron chi connectivity index (χ0n) is 9.42. The van der Waals surface area contributed by atoms with Crippen LogP contribution in [0.5, 0.6) is 0 Å². The van der Waals surface area contributed by atoms with Crippen molar-refractivity contribution in [1.29, 1.82) is 0 Å². The second-order valence-corrected chi connectivity index (χ2v) is 4.61. The lowest BCUT2D eigenvalue weighted by atomic mass is 9.92. The van der Waals surface area contributed by atoms with Gasteiger partial charge in [0, 0.05) is 5.92 Å². The Morgan fingerprint density at radius 1 is 1.08 bits per heavy atom. The summed E-state index contributed by atoms with van der Waals surface area (Å²) < 4.78 is 0. The fourth-order valence-corrected chi connectivity index (χ4v) is 1.60. The van der Waals surface area contributed by atoms with Gasteiger partial charge in [-0.15, -0.1) is 0 Å². The number of aldehydes is 1. The molecule has 0 aromatic rings. The van der Waals surface area contributed by atoms with Gasteiger partial charge in [0.1, 0.15) is 6.29 Å². The van der Waals surface area contributed by atoms with Gasteiger partial charge in [0.2, 0.25) is 0 Å². The van der Waals surface area contributed by atoms with E-state index in [9.17, 15) is 4.79 Å². The molecule has 0 aromatic carbocycles. The summed E-state index contributed by atoms with van der Waals surface area (Å²) >= 11 is 0. The van der Waals surface area contributed by atoms with Crippen molar-refractivity contribution in [3.05, 3.63) is 6.42 Å². The smallest absolute Gasteiger partial charge is 0.122 e. The Hall–Kier alpha value is -0.330. The Kier molecular flexibility index (Phi) is 6.93. The van der Waals surface area contributed by atoms with Gasteiger partial charge in [-0.05, 0) is 37.5 Å². The molecule has 0 rings (SSSR count). The highest BCUT2D eigenvalue weighted by molar-refractivity contribution is 5.52. The van der Waals surface area contributed by atoms with Gasteiger partial charge in [-0.2, -0.15) is 0 Å². The third-order valence-corrected chi connectivity index (χ3v) is 2.21. The van der Waals surface area contributed by atoms with Crippen molar-refractivity contribution in [2.75, 3.05) is 0 Å². The monoisotopic (exact) mass is 183 g/mol. The average molecular weight is 183 g/mol. The van der Waals surface area contributed by atoms with Crippen LogP contribution in [0.4, 0.5) is 0 Å². The predicted molar refractivity (Wildman–Crippen MR) is 57.4 cm³/mol. The molecule has 0 heterocycles. The minimum absolute atomic E-state index is 0.200. The number of hydrogen-bond acceptors (Lipinski definition) is 1. The van der Waals surface area contributed by atoms with Crippen LogP contribution < -0.4 is 0 Å². The van der Waals surface area contributed by atoms with Crippen LogP contribution in [-0.2, 0) is 4.79 Å². The molecule has 0 saturated carbocycles. The SMILES string of the molecule is CC(C)CC(C)C[CH]CC(C)C=O. The highest BCUT2D eigenvalue weighted by Gasteiger charge is 2.06. The first-order valence-electron chi connectivity index (χ1n) is 5.33. The lowest BCUT2D eigenvalue weighted by Crippen LogP contribution is -2.02. The molecule has 0 amide bonds. The number of carbonyl (C=O) groups excluding carboxylic acids is 1. The summed E-state index contributed by atoms with van der Waals surface area (Å²) in [4.78, 5) is 10.3. The summed E-state index contributed by atoms with van der Waals surface area (Å²) in [6.45, 7) is 8.76. The van der Waals surface area contributed by atoms with Crippen molar-refractivity contribution >= 4 is 6.29 Å². The highest BCUT2D eigenvalue weighted by atomic mass is 16.1. The molecule has 0 aromatic heterocycles. The highest BCUT2D eigenvalue weighted by Crippen LogP contribution is 2.17. The van der Waals surface area contributed by atoms with Crippen LogP contribution in [0.2, 0.25) is 0 Å². The van der Waals surface area contributed by atoms with E-state index >= 15 is 0 Å². The van der Waals surface area contributed by atoms with E-state index in [-0.39, 0.29) is 5.92 Å². The molecular formula is C12H23O. The Labute approximate surface area is 82.9 Å². The molecule has 0 bridgehead atoms. The zero-order valence-corrected chi connectivity index (χ0v) is 9.42. The standard InChI is InChI=1S/C12H23O/c1-10(2)8-11(3)6-5-7-12(4)9-13/h5,9-12H,6-8H2,1-4H3. The maximum Gasteiger partial charge on any atom is 0.122 e. The van der Waals surface area contributed by atoms with Crippen molar-refractivity contribution < 1.29 is 4.79 Å². The van der Waals surface area contributed by atoms with E-state index in [2.05, 4.69) is 27.2 Å². The molecule has 0 aliphatic carbocycles. The third kappa shape index (κ3) is 8.01. The van der Waals surface area contributed by atoms with E-state index in [0.717, 1.165) is 31.0 Å². The van der Waals surface area contributed by atoms with Crippen molar-refractivity contribution in [1.82, 2.24) is 0 Å². The molecule has 0 aliphatic rings. The normalized spacial score (nSPS) is 15.8. The largest absolute Gasteiger partial charge is 0.303 e. The molecule has 77 valence electrons. The maximum atomic E-state index is 10.3. The van der Waals surface area contributed by atoms with Gasteiger partial charge in [0.25, 0.3) is 0 Å². The Bertz CT molecular complexity index is 129. The van der Waals surface area contributed by atoms with Gasteiger partial charge in [0.05, 0.1) is 0 Å². The fourth-order valence-electron chi connectivity index (χ4n) is 1.60. The van der Waals surface area contributed by atoms with Crippen molar-refractivity contribution in [2.45, 2.75) is 47.0 Å². The van der Waals surface area contributed by atoms with Gasteiger partial charge < -0.3 is 4.79 Å². The molecule has 0 aliphatic heterocycles. The van der Waals surface area contributed by atoms with Crippen LogP contribution in [0.1, 0.15) is 47.0 Å². The number of hydrogen-bond donors (Lipinski definition) is 0. The zero-order chi connectivity index (χ0) is 10.3. The second kappa shape index (κ2) is 7.11. The molecule has 1 nitrogen and oxygen atoms in total. The summed E-state index contributed by atoms with van der Waals surface area (Å²) in [5.74, 6) is 1.75. The van der Waals surface area contributed by atoms with Gasteiger partial charge in [0.15, 0.2) is 0 Å².